The molecule has 98 valence electrons. The van der Waals surface area contributed by atoms with Gasteiger partial charge in [0.05, 0.1) is 6.54 Å². The van der Waals surface area contributed by atoms with Crippen molar-refractivity contribution >= 4 is 23.2 Å². The van der Waals surface area contributed by atoms with E-state index >= 15 is 0 Å². The maximum Gasteiger partial charge on any atom is 0.238 e. The Kier molecular flexibility index (Phi) is 4.61. The third-order valence-corrected chi connectivity index (χ3v) is 3.45. The Morgan fingerprint density at radius 2 is 2.33 bits per heavy atom. The van der Waals surface area contributed by atoms with Crippen LogP contribution in [0.4, 0.5) is 5.69 Å². The van der Waals surface area contributed by atoms with Crippen LogP contribution >= 0.6 is 11.6 Å². The van der Waals surface area contributed by atoms with Crippen LogP contribution in [0.15, 0.2) is 24.3 Å². The lowest BCUT2D eigenvalue weighted by Crippen LogP contribution is -2.30. The Morgan fingerprint density at radius 1 is 1.50 bits per heavy atom. The number of carbonyl (C=O) groups is 1. The van der Waals surface area contributed by atoms with Crippen molar-refractivity contribution in [1.29, 1.82) is 0 Å². The van der Waals surface area contributed by atoms with E-state index in [1.807, 2.05) is 12.1 Å². The molecule has 1 amide bonds. The van der Waals surface area contributed by atoms with E-state index in [2.05, 4.69) is 17.6 Å². The van der Waals surface area contributed by atoms with E-state index in [1.165, 1.54) is 19.3 Å². The molecule has 0 bridgehead atoms. The van der Waals surface area contributed by atoms with Gasteiger partial charge in [-0.1, -0.05) is 31.0 Å². The van der Waals surface area contributed by atoms with Crippen LogP contribution < -0.4 is 10.6 Å². The van der Waals surface area contributed by atoms with Gasteiger partial charge in [-0.05, 0) is 37.0 Å². The lowest BCUT2D eigenvalue weighted by Gasteiger charge is -2.06. The quantitative estimate of drug-likeness (QED) is 0.831. The maximum absolute atomic E-state index is 11.7. The summed E-state index contributed by atoms with van der Waals surface area (Å²) in [6.07, 6.45) is 3.68. The Bertz CT molecular complexity index is 422. The van der Waals surface area contributed by atoms with Crippen molar-refractivity contribution in [3.05, 3.63) is 29.3 Å². The Balaban J connectivity index is 1.70. The minimum Gasteiger partial charge on any atom is -0.325 e. The van der Waals surface area contributed by atoms with Gasteiger partial charge in [-0.15, -0.1) is 0 Å². The van der Waals surface area contributed by atoms with Crippen LogP contribution in [-0.4, -0.2) is 18.5 Å². The fourth-order valence-electron chi connectivity index (χ4n) is 2.18. The molecule has 2 atom stereocenters. The molecular weight excluding hydrogens is 248 g/mol. The summed E-state index contributed by atoms with van der Waals surface area (Å²) in [6.45, 7) is 2.57. The van der Waals surface area contributed by atoms with E-state index in [1.54, 1.807) is 12.1 Å². The highest BCUT2D eigenvalue weighted by Crippen LogP contribution is 2.34. The molecule has 3 nitrogen and oxygen atoms in total. The number of nitrogens with one attached hydrogen (secondary N) is 2. The lowest BCUT2D eigenvalue weighted by atomic mass is 10.2. The number of anilines is 1. The molecule has 1 aliphatic rings. The number of halogens is 1. The number of carbonyl (C=O) groups excluding carboxylic acids is 1. The zero-order chi connectivity index (χ0) is 13.0. The summed E-state index contributed by atoms with van der Waals surface area (Å²) < 4.78 is 0. The fourth-order valence-corrected chi connectivity index (χ4v) is 2.37. The Hall–Kier alpha value is -1.06. The molecule has 2 rings (SSSR count). The number of benzene rings is 1. The summed E-state index contributed by atoms with van der Waals surface area (Å²) in [6, 6.07) is 7.73. The van der Waals surface area contributed by atoms with Gasteiger partial charge in [0.1, 0.15) is 0 Å². The second-order valence-corrected chi connectivity index (χ2v) is 5.27. The van der Waals surface area contributed by atoms with Crippen LogP contribution in [0.5, 0.6) is 0 Å². The van der Waals surface area contributed by atoms with E-state index in [-0.39, 0.29) is 5.91 Å². The van der Waals surface area contributed by atoms with Crippen LogP contribution in [0.2, 0.25) is 5.02 Å². The summed E-state index contributed by atoms with van der Waals surface area (Å²) >= 11 is 5.85. The zero-order valence-corrected chi connectivity index (χ0v) is 11.3. The third kappa shape index (κ3) is 4.00. The molecule has 1 saturated carbocycles. The first-order valence-corrected chi connectivity index (χ1v) is 6.85. The van der Waals surface area contributed by atoms with Crippen LogP contribution in [0, 0.1) is 5.92 Å². The number of rotatable bonds is 6. The van der Waals surface area contributed by atoms with Crippen molar-refractivity contribution in [2.75, 3.05) is 11.9 Å². The highest BCUT2D eigenvalue weighted by Gasteiger charge is 2.35. The van der Waals surface area contributed by atoms with Crippen LogP contribution in [-0.2, 0) is 4.79 Å². The van der Waals surface area contributed by atoms with Crippen molar-refractivity contribution in [3.8, 4) is 0 Å². The summed E-state index contributed by atoms with van der Waals surface area (Å²) in [5, 5.41) is 6.74. The van der Waals surface area contributed by atoms with Gasteiger partial charge in [0.2, 0.25) is 5.91 Å². The van der Waals surface area contributed by atoms with Crippen molar-refractivity contribution < 1.29 is 4.79 Å². The van der Waals surface area contributed by atoms with Crippen molar-refractivity contribution in [2.45, 2.75) is 32.2 Å². The lowest BCUT2D eigenvalue weighted by molar-refractivity contribution is -0.115. The molecule has 2 N–H and O–H groups in total. The molecule has 0 saturated heterocycles. The van der Waals surface area contributed by atoms with E-state index in [4.69, 9.17) is 11.6 Å². The predicted octanol–water partition coefficient (Wildman–Crippen LogP) is 3.06. The number of amides is 1. The summed E-state index contributed by atoms with van der Waals surface area (Å²) in [4.78, 5) is 11.7. The smallest absolute Gasteiger partial charge is 0.238 e. The molecule has 18 heavy (non-hydrogen) atoms. The van der Waals surface area contributed by atoms with Gasteiger partial charge in [0, 0.05) is 16.8 Å². The van der Waals surface area contributed by atoms with Gasteiger partial charge in [-0.25, -0.2) is 0 Å². The fraction of sp³-hybridized carbons (Fsp3) is 0.500. The van der Waals surface area contributed by atoms with Gasteiger partial charge in [0.15, 0.2) is 0 Å². The molecule has 0 aromatic heterocycles. The Morgan fingerprint density at radius 3 is 3.06 bits per heavy atom. The molecule has 0 spiro atoms. The maximum atomic E-state index is 11.7. The minimum atomic E-state index is -0.0144. The first-order chi connectivity index (χ1) is 8.69. The third-order valence-electron chi connectivity index (χ3n) is 3.22. The van der Waals surface area contributed by atoms with Gasteiger partial charge < -0.3 is 10.6 Å². The van der Waals surface area contributed by atoms with Gasteiger partial charge in [0.25, 0.3) is 0 Å². The SMILES string of the molecule is CCCC1CC1NCC(=O)Nc1cccc(Cl)c1. The molecule has 4 heteroatoms. The van der Waals surface area contributed by atoms with Gasteiger partial charge >= 0.3 is 0 Å². The minimum absolute atomic E-state index is 0.0144. The number of hydrogen-bond donors (Lipinski definition) is 2. The molecular formula is C14H19ClN2O. The molecule has 1 aromatic rings. The summed E-state index contributed by atoms with van der Waals surface area (Å²) in [5.41, 5.74) is 0.746. The van der Waals surface area contributed by atoms with Gasteiger partial charge in [-0.3, -0.25) is 4.79 Å². The largest absolute Gasteiger partial charge is 0.325 e. The van der Waals surface area contributed by atoms with Crippen LogP contribution in [0.25, 0.3) is 0 Å². The average molecular weight is 267 g/mol. The predicted molar refractivity (Wildman–Crippen MR) is 74.9 cm³/mol. The van der Waals surface area contributed by atoms with Crippen LogP contribution in [0.1, 0.15) is 26.2 Å². The van der Waals surface area contributed by atoms with Crippen LogP contribution in [0.3, 0.4) is 0 Å². The summed E-state index contributed by atoms with van der Waals surface area (Å²) in [7, 11) is 0. The topological polar surface area (TPSA) is 41.1 Å². The van der Waals surface area contributed by atoms with E-state index < -0.39 is 0 Å². The molecule has 1 aliphatic carbocycles. The number of hydrogen-bond acceptors (Lipinski definition) is 2. The van der Waals surface area contributed by atoms with Gasteiger partial charge in [-0.2, -0.15) is 0 Å². The van der Waals surface area contributed by atoms with Crippen molar-refractivity contribution in [1.82, 2.24) is 5.32 Å². The molecule has 0 radical (unpaired) electrons. The van der Waals surface area contributed by atoms with Crippen molar-refractivity contribution in [2.24, 2.45) is 5.92 Å². The zero-order valence-electron chi connectivity index (χ0n) is 10.6. The molecule has 0 aliphatic heterocycles. The highest BCUT2D eigenvalue weighted by molar-refractivity contribution is 6.30. The normalized spacial score (nSPS) is 21.7. The first-order valence-electron chi connectivity index (χ1n) is 6.48. The second kappa shape index (κ2) is 6.21. The molecule has 2 unspecified atom stereocenters. The standard InChI is InChI=1S/C14H19ClN2O/c1-2-4-10-7-13(10)16-9-14(18)17-12-6-3-5-11(15)8-12/h3,5-6,8,10,13,16H,2,4,7,9H2,1H3,(H,17,18). The molecule has 1 fully saturated rings. The first kappa shape index (κ1) is 13.4. The molecule has 1 aromatic carbocycles. The average Bonchev–Trinajstić information content (AvgIpc) is 3.06. The van der Waals surface area contributed by atoms with E-state index in [9.17, 15) is 4.79 Å². The Labute approximate surface area is 113 Å². The van der Waals surface area contributed by atoms with E-state index in [0.29, 0.717) is 17.6 Å². The highest BCUT2D eigenvalue weighted by atomic mass is 35.5. The summed E-state index contributed by atoms with van der Waals surface area (Å²) in [5.74, 6) is 0.758. The monoisotopic (exact) mass is 266 g/mol. The van der Waals surface area contributed by atoms with E-state index in [0.717, 1.165) is 11.6 Å². The molecule has 0 heterocycles. The second-order valence-electron chi connectivity index (χ2n) is 4.83. The van der Waals surface area contributed by atoms with Crippen molar-refractivity contribution in [3.63, 3.8) is 0 Å².